The molecule has 1 aromatic heterocycles. The van der Waals surface area contributed by atoms with Crippen molar-refractivity contribution in [3.8, 4) is 0 Å². The van der Waals surface area contributed by atoms with E-state index in [1.54, 1.807) is 25.7 Å². The van der Waals surface area contributed by atoms with Crippen LogP contribution < -0.4 is 10.6 Å². The minimum absolute atomic E-state index is 0.548. The molecule has 5 nitrogen and oxygen atoms in total. The Morgan fingerprint density at radius 2 is 2.40 bits per heavy atom. The van der Waals surface area contributed by atoms with Crippen LogP contribution >= 0.6 is 12.2 Å². The van der Waals surface area contributed by atoms with Crippen molar-refractivity contribution in [2.45, 2.75) is 6.42 Å². The molecule has 0 aromatic carbocycles. The Balaban J connectivity index is 2.19. The Labute approximate surface area is 94.3 Å². The number of hydrogen-bond donors (Lipinski definition) is 2. The minimum atomic E-state index is 0.548. The lowest BCUT2D eigenvalue weighted by molar-refractivity contribution is 0.196. The summed E-state index contributed by atoms with van der Waals surface area (Å²) in [7, 11) is 1.68. The van der Waals surface area contributed by atoms with Crippen LogP contribution in [0.3, 0.4) is 0 Å². The molecule has 0 fully saturated rings. The molecule has 0 aliphatic heterocycles. The predicted molar refractivity (Wildman–Crippen MR) is 62.7 cm³/mol. The van der Waals surface area contributed by atoms with Crippen molar-refractivity contribution < 1.29 is 4.74 Å². The van der Waals surface area contributed by atoms with Gasteiger partial charge in [0.05, 0.1) is 6.20 Å². The molecule has 0 atom stereocenters. The lowest BCUT2D eigenvalue weighted by Crippen LogP contribution is -2.30. The smallest absolute Gasteiger partial charge is 0.171 e. The standard InChI is InChI=1S/C9H14N4OS/c1-14-6-2-3-12-9(15)13-8-7-10-4-5-11-8/h4-5,7H,2-3,6H2,1H3,(H2,11,12,13,15). The minimum Gasteiger partial charge on any atom is -0.385 e. The summed E-state index contributed by atoms with van der Waals surface area (Å²) in [6.45, 7) is 1.50. The number of thiocarbonyl (C=S) groups is 1. The summed E-state index contributed by atoms with van der Waals surface area (Å²) in [5.74, 6) is 0.641. The number of methoxy groups -OCH3 is 1. The quantitative estimate of drug-likeness (QED) is 0.572. The number of aromatic nitrogens is 2. The van der Waals surface area contributed by atoms with Crippen molar-refractivity contribution in [1.82, 2.24) is 15.3 Å². The van der Waals surface area contributed by atoms with Gasteiger partial charge in [-0.2, -0.15) is 0 Å². The molecule has 0 amide bonds. The molecule has 0 aliphatic carbocycles. The van der Waals surface area contributed by atoms with Gasteiger partial charge in [0.2, 0.25) is 0 Å². The molecule has 1 heterocycles. The van der Waals surface area contributed by atoms with Gasteiger partial charge < -0.3 is 15.4 Å². The summed E-state index contributed by atoms with van der Waals surface area (Å²) in [5.41, 5.74) is 0. The van der Waals surface area contributed by atoms with Crippen LogP contribution in [0.25, 0.3) is 0 Å². The molecule has 0 saturated heterocycles. The molecule has 1 aromatic rings. The van der Waals surface area contributed by atoms with E-state index in [2.05, 4.69) is 20.6 Å². The van der Waals surface area contributed by atoms with E-state index >= 15 is 0 Å². The van der Waals surface area contributed by atoms with Crippen molar-refractivity contribution in [3.63, 3.8) is 0 Å². The van der Waals surface area contributed by atoms with Crippen LogP contribution in [0.15, 0.2) is 18.6 Å². The maximum atomic E-state index is 5.05. The molecule has 0 aliphatic rings. The first-order valence-corrected chi connectivity index (χ1v) is 5.03. The van der Waals surface area contributed by atoms with Gasteiger partial charge in [0.1, 0.15) is 0 Å². The van der Waals surface area contributed by atoms with Gasteiger partial charge in [0.25, 0.3) is 0 Å². The summed E-state index contributed by atoms with van der Waals surface area (Å²) >= 11 is 5.05. The summed E-state index contributed by atoms with van der Waals surface area (Å²) in [6.07, 6.45) is 5.75. The number of ether oxygens (including phenoxy) is 1. The molecule has 82 valence electrons. The van der Waals surface area contributed by atoms with Crippen molar-refractivity contribution in [1.29, 1.82) is 0 Å². The summed E-state index contributed by atoms with van der Waals surface area (Å²) in [6, 6.07) is 0. The number of hydrogen-bond acceptors (Lipinski definition) is 4. The van der Waals surface area contributed by atoms with Crippen LogP contribution in [0.1, 0.15) is 6.42 Å². The summed E-state index contributed by atoms with van der Waals surface area (Å²) in [5, 5.41) is 6.51. The van der Waals surface area contributed by atoms with E-state index in [0.717, 1.165) is 19.6 Å². The maximum Gasteiger partial charge on any atom is 0.171 e. The van der Waals surface area contributed by atoms with E-state index in [-0.39, 0.29) is 0 Å². The Morgan fingerprint density at radius 1 is 1.53 bits per heavy atom. The number of nitrogens with zero attached hydrogens (tertiary/aromatic N) is 2. The van der Waals surface area contributed by atoms with Gasteiger partial charge >= 0.3 is 0 Å². The van der Waals surface area contributed by atoms with Crippen molar-refractivity contribution >= 4 is 23.1 Å². The van der Waals surface area contributed by atoms with Gasteiger partial charge in [0, 0.05) is 32.7 Å². The van der Waals surface area contributed by atoms with Gasteiger partial charge in [-0.3, -0.25) is 4.98 Å². The lowest BCUT2D eigenvalue weighted by Gasteiger charge is -2.08. The monoisotopic (exact) mass is 226 g/mol. The average molecular weight is 226 g/mol. The lowest BCUT2D eigenvalue weighted by atomic mass is 10.4. The van der Waals surface area contributed by atoms with Crippen molar-refractivity contribution in [2.24, 2.45) is 0 Å². The largest absolute Gasteiger partial charge is 0.385 e. The Hall–Kier alpha value is -1.27. The molecule has 2 N–H and O–H groups in total. The van der Waals surface area contributed by atoms with E-state index in [1.165, 1.54) is 0 Å². The van der Waals surface area contributed by atoms with Gasteiger partial charge in [-0.25, -0.2) is 4.98 Å². The van der Waals surface area contributed by atoms with Crippen LogP contribution in [0.2, 0.25) is 0 Å². The van der Waals surface area contributed by atoms with Crippen LogP contribution in [-0.4, -0.2) is 35.3 Å². The topological polar surface area (TPSA) is 59.1 Å². The molecular weight excluding hydrogens is 212 g/mol. The molecule has 0 unspecified atom stereocenters. The second-order valence-electron chi connectivity index (χ2n) is 2.82. The van der Waals surface area contributed by atoms with E-state index in [9.17, 15) is 0 Å². The zero-order valence-electron chi connectivity index (χ0n) is 8.56. The molecule has 0 bridgehead atoms. The van der Waals surface area contributed by atoms with Crippen molar-refractivity contribution in [3.05, 3.63) is 18.6 Å². The number of rotatable bonds is 5. The van der Waals surface area contributed by atoms with E-state index in [0.29, 0.717) is 10.9 Å². The highest BCUT2D eigenvalue weighted by atomic mass is 32.1. The fourth-order valence-corrected chi connectivity index (χ4v) is 1.15. The van der Waals surface area contributed by atoms with Gasteiger partial charge in [-0.1, -0.05) is 0 Å². The highest BCUT2D eigenvalue weighted by Gasteiger charge is 1.96. The van der Waals surface area contributed by atoms with Gasteiger partial charge in [-0.05, 0) is 18.6 Å². The molecule has 0 spiro atoms. The van der Waals surface area contributed by atoms with Gasteiger partial charge in [-0.15, -0.1) is 0 Å². The second kappa shape index (κ2) is 7.08. The van der Waals surface area contributed by atoms with Crippen LogP contribution in [0.5, 0.6) is 0 Å². The maximum absolute atomic E-state index is 5.05. The van der Waals surface area contributed by atoms with Crippen LogP contribution in [0, 0.1) is 0 Å². The molecule has 0 radical (unpaired) electrons. The first-order chi connectivity index (χ1) is 7.33. The highest BCUT2D eigenvalue weighted by molar-refractivity contribution is 7.80. The normalized spacial score (nSPS) is 9.67. The third-order valence-electron chi connectivity index (χ3n) is 1.62. The average Bonchev–Trinajstić information content (AvgIpc) is 2.26. The molecular formula is C9H14N4OS. The SMILES string of the molecule is COCCCNC(=S)Nc1cnccn1. The third kappa shape index (κ3) is 5.24. The summed E-state index contributed by atoms with van der Waals surface area (Å²) in [4.78, 5) is 7.95. The van der Waals surface area contributed by atoms with Crippen LogP contribution in [-0.2, 0) is 4.74 Å². The molecule has 1 rings (SSSR count). The second-order valence-corrected chi connectivity index (χ2v) is 3.23. The van der Waals surface area contributed by atoms with E-state index in [4.69, 9.17) is 17.0 Å². The van der Waals surface area contributed by atoms with E-state index in [1.807, 2.05) is 0 Å². The molecule has 15 heavy (non-hydrogen) atoms. The number of anilines is 1. The molecule has 0 saturated carbocycles. The predicted octanol–water partition coefficient (Wildman–Crippen LogP) is 0.799. The first-order valence-electron chi connectivity index (χ1n) is 4.62. The van der Waals surface area contributed by atoms with Gasteiger partial charge in [0.15, 0.2) is 10.9 Å². The Bertz CT molecular complexity index is 293. The Kier molecular flexibility index (Phi) is 5.57. The summed E-state index contributed by atoms with van der Waals surface area (Å²) < 4.78 is 4.92. The van der Waals surface area contributed by atoms with E-state index < -0.39 is 0 Å². The Morgan fingerprint density at radius 3 is 3.07 bits per heavy atom. The number of nitrogens with one attached hydrogen (secondary N) is 2. The van der Waals surface area contributed by atoms with Crippen molar-refractivity contribution in [2.75, 3.05) is 25.6 Å². The zero-order valence-corrected chi connectivity index (χ0v) is 9.38. The molecule has 6 heteroatoms. The first kappa shape index (κ1) is 11.8. The third-order valence-corrected chi connectivity index (χ3v) is 1.86. The fraction of sp³-hybridized carbons (Fsp3) is 0.444. The van der Waals surface area contributed by atoms with Crippen LogP contribution in [0.4, 0.5) is 5.82 Å². The highest BCUT2D eigenvalue weighted by Crippen LogP contribution is 1.96. The fourth-order valence-electron chi connectivity index (χ4n) is 0.943. The zero-order chi connectivity index (χ0) is 10.9.